The third kappa shape index (κ3) is 3.36. The number of aryl methyl sites for hydroxylation is 2. The predicted molar refractivity (Wildman–Crippen MR) is 49.2 cm³/mol. The normalized spacial score (nSPS) is 10.3. The van der Waals surface area contributed by atoms with Crippen molar-refractivity contribution in [3.63, 3.8) is 0 Å². The van der Waals surface area contributed by atoms with Crippen molar-refractivity contribution in [2.45, 2.75) is 32.6 Å². The minimum atomic E-state index is 0.313. The van der Waals surface area contributed by atoms with Crippen LogP contribution in [0.1, 0.15) is 31.9 Å². The Bertz CT molecular complexity index is 280. The Kier molecular flexibility index (Phi) is 3.61. The van der Waals surface area contributed by atoms with Gasteiger partial charge in [0.15, 0.2) is 0 Å². The van der Waals surface area contributed by atoms with Crippen LogP contribution < -0.4 is 0 Å². The molecule has 72 valence electrons. The molecule has 0 unspecified atom stereocenters. The van der Waals surface area contributed by atoms with Gasteiger partial charge in [-0.2, -0.15) is 0 Å². The van der Waals surface area contributed by atoms with Crippen LogP contribution in [0.5, 0.6) is 0 Å². The molecule has 0 amide bonds. The second-order valence-corrected chi connectivity index (χ2v) is 3.17. The van der Waals surface area contributed by atoms with Gasteiger partial charge in [0.05, 0.1) is 5.69 Å². The van der Waals surface area contributed by atoms with E-state index in [1.54, 1.807) is 4.68 Å². The topological polar surface area (TPSA) is 47.8 Å². The van der Waals surface area contributed by atoms with E-state index in [-0.39, 0.29) is 0 Å². The van der Waals surface area contributed by atoms with Gasteiger partial charge in [0.1, 0.15) is 5.78 Å². The molecule has 0 saturated carbocycles. The molecule has 4 nitrogen and oxygen atoms in total. The second-order valence-electron chi connectivity index (χ2n) is 3.17. The Morgan fingerprint density at radius 2 is 2.31 bits per heavy atom. The standard InChI is InChI=1S/C9H15N3O/c1-3-4-9(13)6-5-8-7-12(2)11-10-8/h7H,3-6H2,1-2H3. The Morgan fingerprint density at radius 1 is 1.54 bits per heavy atom. The van der Waals surface area contributed by atoms with E-state index < -0.39 is 0 Å². The number of carbonyl (C=O) groups excluding carboxylic acids is 1. The van der Waals surface area contributed by atoms with E-state index in [0.717, 1.165) is 12.1 Å². The summed E-state index contributed by atoms with van der Waals surface area (Å²) in [7, 11) is 1.82. The van der Waals surface area contributed by atoms with Gasteiger partial charge in [-0.05, 0) is 12.8 Å². The van der Waals surface area contributed by atoms with Gasteiger partial charge in [0.2, 0.25) is 0 Å². The van der Waals surface area contributed by atoms with E-state index in [4.69, 9.17) is 0 Å². The molecule has 0 radical (unpaired) electrons. The Balaban J connectivity index is 2.30. The third-order valence-electron chi connectivity index (χ3n) is 1.84. The number of hydrogen-bond donors (Lipinski definition) is 0. The average molecular weight is 181 g/mol. The fourth-order valence-corrected chi connectivity index (χ4v) is 1.18. The van der Waals surface area contributed by atoms with Gasteiger partial charge in [0, 0.05) is 26.1 Å². The molecule has 13 heavy (non-hydrogen) atoms. The van der Waals surface area contributed by atoms with E-state index >= 15 is 0 Å². The number of hydrogen-bond acceptors (Lipinski definition) is 3. The van der Waals surface area contributed by atoms with Crippen LogP contribution in [-0.4, -0.2) is 20.8 Å². The number of ketones is 1. The molecule has 0 bridgehead atoms. The van der Waals surface area contributed by atoms with E-state index in [1.807, 2.05) is 20.2 Å². The van der Waals surface area contributed by atoms with Crippen LogP contribution in [0, 0.1) is 0 Å². The molecule has 0 aliphatic heterocycles. The molecule has 1 rings (SSSR count). The maximum absolute atomic E-state index is 11.2. The molecular formula is C9H15N3O. The van der Waals surface area contributed by atoms with Crippen LogP contribution in [0.15, 0.2) is 6.20 Å². The molecule has 0 aliphatic rings. The van der Waals surface area contributed by atoms with Crippen molar-refractivity contribution in [1.82, 2.24) is 15.0 Å². The summed E-state index contributed by atoms with van der Waals surface area (Å²) in [6, 6.07) is 0. The maximum atomic E-state index is 11.2. The summed E-state index contributed by atoms with van der Waals surface area (Å²) in [5, 5.41) is 7.70. The first-order valence-electron chi connectivity index (χ1n) is 4.59. The van der Waals surface area contributed by atoms with Crippen LogP contribution in [0.2, 0.25) is 0 Å². The molecule has 0 aliphatic carbocycles. The first-order chi connectivity index (χ1) is 6.22. The van der Waals surface area contributed by atoms with Gasteiger partial charge in [-0.15, -0.1) is 5.10 Å². The van der Waals surface area contributed by atoms with Crippen molar-refractivity contribution in [3.8, 4) is 0 Å². The molecule has 4 heteroatoms. The Hall–Kier alpha value is -1.19. The van der Waals surface area contributed by atoms with E-state index in [2.05, 4.69) is 10.3 Å². The maximum Gasteiger partial charge on any atom is 0.133 e. The van der Waals surface area contributed by atoms with Crippen LogP contribution in [0.4, 0.5) is 0 Å². The molecule has 1 aromatic heterocycles. The lowest BCUT2D eigenvalue weighted by Gasteiger charge is -1.94. The van der Waals surface area contributed by atoms with Crippen molar-refractivity contribution >= 4 is 5.78 Å². The van der Waals surface area contributed by atoms with Gasteiger partial charge in [-0.25, -0.2) is 0 Å². The SMILES string of the molecule is CCCC(=O)CCc1cn(C)nn1. The van der Waals surface area contributed by atoms with E-state index in [0.29, 0.717) is 25.0 Å². The molecular weight excluding hydrogens is 166 g/mol. The fraction of sp³-hybridized carbons (Fsp3) is 0.667. The largest absolute Gasteiger partial charge is 0.300 e. The summed E-state index contributed by atoms with van der Waals surface area (Å²) in [5.74, 6) is 0.313. The quantitative estimate of drug-likeness (QED) is 0.683. The van der Waals surface area contributed by atoms with Crippen LogP contribution in [-0.2, 0) is 18.3 Å². The summed E-state index contributed by atoms with van der Waals surface area (Å²) in [6.07, 6.45) is 4.76. The van der Waals surface area contributed by atoms with Crippen molar-refractivity contribution in [2.24, 2.45) is 7.05 Å². The summed E-state index contributed by atoms with van der Waals surface area (Å²) >= 11 is 0. The summed E-state index contributed by atoms with van der Waals surface area (Å²) in [4.78, 5) is 11.2. The number of rotatable bonds is 5. The first kappa shape index (κ1) is 9.89. The predicted octanol–water partition coefficient (Wildman–Crippen LogP) is 1.12. The molecule has 0 saturated heterocycles. The monoisotopic (exact) mass is 181 g/mol. The molecule has 0 fully saturated rings. The van der Waals surface area contributed by atoms with Gasteiger partial charge < -0.3 is 0 Å². The van der Waals surface area contributed by atoms with Gasteiger partial charge >= 0.3 is 0 Å². The smallest absolute Gasteiger partial charge is 0.133 e. The number of carbonyl (C=O) groups is 1. The van der Waals surface area contributed by atoms with Gasteiger partial charge in [0.25, 0.3) is 0 Å². The highest BCUT2D eigenvalue weighted by Crippen LogP contribution is 2.01. The summed E-state index contributed by atoms with van der Waals surface area (Å²) in [5.41, 5.74) is 0.895. The van der Waals surface area contributed by atoms with Crippen LogP contribution >= 0.6 is 0 Å². The zero-order valence-corrected chi connectivity index (χ0v) is 8.16. The average Bonchev–Trinajstić information content (AvgIpc) is 2.49. The molecule has 0 spiro atoms. The second kappa shape index (κ2) is 4.74. The number of aromatic nitrogens is 3. The van der Waals surface area contributed by atoms with E-state index in [9.17, 15) is 4.79 Å². The lowest BCUT2D eigenvalue weighted by Crippen LogP contribution is -1.99. The number of Topliss-reactive ketones (excluding diaryl/α,β-unsaturated/α-hetero) is 1. The third-order valence-corrected chi connectivity index (χ3v) is 1.84. The molecule has 1 heterocycles. The Morgan fingerprint density at radius 3 is 2.85 bits per heavy atom. The first-order valence-corrected chi connectivity index (χ1v) is 4.59. The minimum absolute atomic E-state index is 0.313. The minimum Gasteiger partial charge on any atom is -0.300 e. The lowest BCUT2D eigenvalue weighted by atomic mass is 10.1. The Labute approximate surface area is 77.9 Å². The zero-order chi connectivity index (χ0) is 9.68. The number of nitrogens with zero attached hydrogens (tertiary/aromatic N) is 3. The lowest BCUT2D eigenvalue weighted by molar-refractivity contribution is -0.119. The fourth-order valence-electron chi connectivity index (χ4n) is 1.18. The summed E-state index contributed by atoms with van der Waals surface area (Å²) in [6.45, 7) is 2.01. The highest BCUT2D eigenvalue weighted by atomic mass is 16.1. The zero-order valence-electron chi connectivity index (χ0n) is 8.16. The van der Waals surface area contributed by atoms with Gasteiger partial charge in [-0.1, -0.05) is 12.1 Å². The highest BCUT2D eigenvalue weighted by Gasteiger charge is 2.03. The highest BCUT2D eigenvalue weighted by molar-refractivity contribution is 5.78. The van der Waals surface area contributed by atoms with Gasteiger partial charge in [-0.3, -0.25) is 9.48 Å². The molecule has 0 N–H and O–H groups in total. The van der Waals surface area contributed by atoms with Crippen molar-refractivity contribution in [1.29, 1.82) is 0 Å². The van der Waals surface area contributed by atoms with Crippen molar-refractivity contribution in [3.05, 3.63) is 11.9 Å². The van der Waals surface area contributed by atoms with Crippen LogP contribution in [0.25, 0.3) is 0 Å². The van der Waals surface area contributed by atoms with Crippen LogP contribution in [0.3, 0.4) is 0 Å². The molecule has 1 aromatic rings. The summed E-state index contributed by atoms with van der Waals surface area (Å²) < 4.78 is 1.65. The molecule has 0 atom stereocenters. The van der Waals surface area contributed by atoms with E-state index in [1.165, 1.54) is 0 Å². The van der Waals surface area contributed by atoms with Crippen molar-refractivity contribution in [2.75, 3.05) is 0 Å². The molecule has 0 aromatic carbocycles. The van der Waals surface area contributed by atoms with Crippen molar-refractivity contribution < 1.29 is 4.79 Å².